The van der Waals surface area contributed by atoms with E-state index >= 15 is 0 Å². The minimum atomic E-state index is -0.273. The maximum atomic E-state index is 12.8. The summed E-state index contributed by atoms with van der Waals surface area (Å²) < 4.78 is 1.84. The van der Waals surface area contributed by atoms with Crippen molar-refractivity contribution in [3.63, 3.8) is 0 Å². The first-order chi connectivity index (χ1) is 13.6. The normalized spacial score (nSPS) is 18.8. The summed E-state index contributed by atoms with van der Waals surface area (Å²) in [6.07, 6.45) is 2.22. The van der Waals surface area contributed by atoms with Crippen molar-refractivity contribution in [3.8, 4) is 0 Å². The van der Waals surface area contributed by atoms with E-state index in [1.807, 2.05) is 35.5 Å². The Labute approximate surface area is 174 Å². The monoisotopic (exact) mass is 418 g/mol. The van der Waals surface area contributed by atoms with Crippen LogP contribution in [0.3, 0.4) is 0 Å². The van der Waals surface area contributed by atoms with E-state index in [-0.39, 0.29) is 11.2 Å². The Kier molecular flexibility index (Phi) is 6.22. The average Bonchev–Trinajstić information content (AvgIpc) is 3.44. The summed E-state index contributed by atoms with van der Waals surface area (Å²) in [5.41, 5.74) is 3.32. The summed E-state index contributed by atoms with van der Waals surface area (Å²) in [4.78, 5) is 15.3. The van der Waals surface area contributed by atoms with Crippen molar-refractivity contribution >= 4 is 35.1 Å². The Hall–Kier alpha value is -1.58. The van der Waals surface area contributed by atoms with Gasteiger partial charge in [0.05, 0.1) is 11.3 Å². The molecule has 1 aliphatic carbocycles. The summed E-state index contributed by atoms with van der Waals surface area (Å²) in [7, 11) is 0. The number of hydrogen-bond acceptors (Lipinski definition) is 7. The first kappa shape index (κ1) is 19.7. The van der Waals surface area contributed by atoms with Crippen LogP contribution < -0.4 is 5.32 Å². The third kappa shape index (κ3) is 4.69. The van der Waals surface area contributed by atoms with Gasteiger partial charge in [-0.05, 0) is 54.3 Å². The van der Waals surface area contributed by atoms with Gasteiger partial charge >= 0.3 is 0 Å². The molecule has 150 valence electrons. The van der Waals surface area contributed by atoms with Gasteiger partial charge in [-0.1, -0.05) is 23.9 Å². The van der Waals surface area contributed by atoms with Crippen molar-refractivity contribution in [1.29, 1.82) is 0 Å². The lowest BCUT2D eigenvalue weighted by molar-refractivity contribution is -0.115. The lowest BCUT2D eigenvalue weighted by atomic mass is 10.1. The summed E-state index contributed by atoms with van der Waals surface area (Å²) in [5.74, 6) is 2.37. The third-order valence-corrected chi connectivity index (χ3v) is 7.20. The van der Waals surface area contributed by atoms with Gasteiger partial charge in [-0.15, -0.1) is 5.10 Å². The molecule has 7 nitrogen and oxygen atoms in total. The van der Waals surface area contributed by atoms with Gasteiger partial charge in [0.25, 0.3) is 0 Å². The second kappa shape index (κ2) is 8.84. The molecule has 1 aliphatic heterocycles. The fraction of sp³-hybridized carbons (Fsp3) is 0.579. The van der Waals surface area contributed by atoms with Gasteiger partial charge in [0, 0.05) is 36.8 Å². The molecule has 2 aliphatic rings. The molecule has 1 saturated carbocycles. The van der Waals surface area contributed by atoms with Crippen molar-refractivity contribution in [2.45, 2.75) is 49.7 Å². The third-order valence-electron chi connectivity index (χ3n) is 5.21. The number of nitrogens with one attached hydrogen (secondary N) is 1. The molecule has 1 unspecified atom stereocenters. The molecule has 28 heavy (non-hydrogen) atoms. The van der Waals surface area contributed by atoms with E-state index in [0.717, 1.165) is 48.9 Å². The fourth-order valence-electron chi connectivity index (χ4n) is 3.25. The number of benzene rings is 1. The second-order valence-electron chi connectivity index (χ2n) is 7.36. The van der Waals surface area contributed by atoms with Crippen LogP contribution in [0.15, 0.2) is 23.4 Å². The number of carbonyl (C=O) groups is 1. The zero-order valence-corrected chi connectivity index (χ0v) is 17.9. The SMILES string of the molecule is Cc1c(CN2CCSCC2)cccc1NC(=O)C(C)Sc1nnnn1C1CC1. The Bertz CT molecular complexity index is 832. The van der Waals surface area contributed by atoms with Crippen molar-refractivity contribution in [1.82, 2.24) is 25.1 Å². The van der Waals surface area contributed by atoms with Crippen molar-refractivity contribution in [3.05, 3.63) is 29.3 Å². The second-order valence-corrected chi connectivity index (χ2v) is 9.90. The summed E-state index contributed by atoms with van der Waals surface area (Å²) in [5, 5.41) is 15.5. The van der Waals surface area contributed by atoms with E-state index in [0.29, 0.717) is 6.04 Å². The van der Waals surface area contributed by atoms with Crippen LogP contribution in [0.4, 0.5) is 5.69 Å². The number of carbonyl (C=O) groups excluding carboxylic acids is 1. The Morgan fingerprint density at radius 2 is 2.14 bits per heavy atom. The molecule has 9 heteroatoms. The lowest BCUT2D eigenvalue weighted by Crippen LogP contribution is -2.32. The first-order valence-electron chi connectivity index (χ1n) is 9.76. The highest BCUT2D eigenvalue weighted by Crippen LogP contribution is 2.37. The predicted octanol–water partition coefficient (Wildman–Crippen LogP) is 2.98. The summed E-state index contributed by atoms with van der Waals surface area (Å²) in [6, 6.07) is 6.57. The quantitative estimate of drug-likeness (QED) is 0.693. The van der Waals surface area contributed by atoms with E-state index in [4.69, 9.17) is 0 Å². The number of hydrogen-bond donors (Lipinski definition) is 1. The lowest BCUT2D eigenvalue weighted by Gasteiger charge is -2.27. The van der Waals surface area contributed by atoms with Gasteiger partial charge < -0.3 is 5.32 Å². The van der Waals surface area contributed by atoms with Crippen LogP contribution in [0.5, 0.6) is 0 Å². The fourth-order valence-corrected chi connectivity index (χ4v) is 5.09. The van der Waals surface area contributed by atoms with Crippen molar-refractivity contribution in [2.75, 3.05) is 29.9 Å². The van der Waals surface area contributed by atoms with Gasteiger partial charge in [0.15, 0.2) is 0 Å². The van der Waals surface area contributed by atoms with Crippen LogP contribution in [0, 0.1) is 6.92 Å². The molecule has 1 amide bonds. The van der Waals surface area contributed by atoms with Crippen LogP contribution in [-0.2, 0) is 11.3 Å². The number of thioether (sulfide) groups is 2. The number of rotatable bonds is 7. The van der Waals surface area contributed by atoms with Gasteiger partial charge in [-0.2, -0.15) is 11.8 Å². The van der Waals surface area contributed by atoms with E-state index in [9.17, 15) is 4.79 Å². The smallest absolute Gasteiger partial charge is 0.237 e. The molecule has 1 atom stereocenters. The van der Waals surface area contributed by atoms with E-state index in [1.54, 1.807) is 0 Å². The first-order valence-corrected chi connectivity index (χ1v) is 11.8. The maximum Gasteiger partial charge on any atom is 0.237 e. The zero-order valence-electron chi connectivity index (χ0n) is 16.3. The molecule has 1 aromatic heterocycles. The number of aromatic nitrogens is 4. The maximum absolute atomic E-state index is 12.8. The molecule has 1 saturated heterocycles. The molecular formula is C19H26N6OS2. The van der Waals surface area contributed by atoms with Crippen LogP contribution in [0.25, 0.3) is 0 Å². The molecule has 4 rings (SSSR count). The van der Waals surface area contributed by atoms with Crippen molar-refractivity contribution in [2.24, 2.45) is 0 Å². The zero-order chi connectivity index (χ0) is 19.5. The Balaban J connectivity index is 1.39. The standard InChI is InChI=1S/C19H26N6OS2/c1-13-15(12-24-8-10-27-11-9-24)4-3-5-17(13)20-18(26)14(2)28-19-21-22-23-25(19)16-6-7-16/h3-5,14,16H,6-12H2,1-2H3,(H,20,26). The Morgan fingerprint density at radius 3 is 2.89 bits per heavy atom. The average molecular weight is 419 g/mol. The predicted molar refractivity (Wildman–Crippen MR) is 114 cm³/mol. The topological polar surface area (TPSA) is 75.9 Å². The van der Waals surface area contributed by atoms with E-state index in [1.165, 1.54) is 28.8 Å². The number of anilines is 1. The molecule has 0 bridgehead atoms. The van der Waals surface area contributed by atoms with Crippen LogP contribution in [0.2, 0.25) is 0 Å². The van der Waals surface area contributed by atoms with Crippen LogP contribution in [0.1, 0.15) is 36.9 Å². The van der Waals surface area contributed by atoms with Crippen molar-refractivity contribution < 1.29 is 4.79 Å². The summed E-state index contributed by atoms with van der Waals surface area (Å²) in [6.45, 7) is 7.19. The number of tetrazole rings is 1. The Morgan fingerprint density at radius 1 is 1.36 bits per heavy atom. The minimum absolute atomic E-state index is 0.0232. The largest absolute Gasteiger partial charge is 0.325 e. The van der Waals surface area contributed by atoms with Gasteiger partial charge in [-0.25, -0.2) is 4.68 Å². The summed E-state index contributed by atoms with van der Waals surface area (Å²) >= 11 is 3.43. The number of nitrogens with zero attached hydrogens (tertiary/aromatic N) is 5. The molecule has 1 aromatic carbocycles. The minimum Gasteiger partial charge on any atom is -0.325 e. The molecule has 1 N–H and O–H groups in total. The molecule has 2 heterocycles. The number of amides is 1. The van der Waals surface area contributed by atoms with E-state index < -0.39 is 0 Å². The van der Waals surface area contributed by atoms with Crippen LogP contribution >= 0.6 is 23.5 Å². The van der Waals surface area contributed by atoms with Crippen LogP contribution in [-0.4, -0.2) is 60.9 Å². The molecule has 2 aromatic rings. The molecule has 0 radical (unpaired) electrons. The molecule has 2 fully saturated rings. The molecule has 0 spiro atoms. The van der Waals surface area contributed by atoms with Gasteiger partial charge in [-0.3, -0.25) is 9.69 Å². The highest BCUT2D eigenvalue weighted by molar-refractivity contribution is 8.00. The highest BCUT2D eigenvalue weighted by Gasteiger charge is 2.29. The highest BCUT2D eigenvalue weighted by atomic mass is 32.2. The van der Waals surface area contributed by atoms with Gasteiger partial charge in [0.2, 0.25) is 11.1 Å². The molecular weight excluding hydrogens is 392 g/mol. The van der Waals surface area contributed by atoms with E-state index in [2.05, 4.69) is 38.7 Å². The van der Waals surface area contributed by atoms with Gasteiger partial charge in [0.1, 0.15) is 0 Å².